The molecule has 0 unspecified atom stereocenters. The summed E-state index contributed by atoms with van der Waals surface area (Å²) in [6.45, 7) is 2.82. The minimum absolute atomic E-state index is 0.142. The third-order valence-corrected chi connectivity index (χ3v) is 4.47. The molecular formula is C15H20N2O. The highest BCUT2D eigenvalue weighted by atomic mass is 16.5. The molecule has 1 aromatic carbocycles. The molecule has 0 saturated heterocycles. The maximum atomic E-state index is 6.02. The molecule has 96 valence electrons. The quantitative estimate of drug-likeness (QED) is 0.872. The molecular weight excluding hydrogens is 224 g/mol. The standard InChI is InChI=1S/C15H20N2O/c1-10-8-17-12-5-4-11(14(18-2)13(10)12)15(9-16)6-3-7-15/h4-5,8,17H,3,6-7,9,16H2,1-2H3. The predicted octanol–water partition coefficient (Wildman–Crippen LogP) is 2.87. The maximum Gasteiger partial charge on any atom is 0.132 e. The van der Waals surface area contributed by atoms with Crippen LogP contribution in [0.1, 0.15) is 30.4 Å². The molecule has 3 heteroatoms. The zero-order valence-corrected chi connectivity index (χ0v) is 11.0. The van der Waals surface area contributed by atoms with Crippen molar-refractivity contribution in [3.63, 3.8) is 0 Å². The Kier molecular flexibility index (Phi) is 2.59. The number of hydrogen-bond donors (Lipinski definition) is 2. The lowest BCUT2D eigenvalue weighted by Gasteiger charge is -2.42. The molecule has 2 aromatic rings. The van der Waals surface area contributed by atoms with Crippen LogP contribution >= 0.6 is 0 Å². The van der Waals surface area contributed by atoms with Gasteiger partial charge in [-0.05, 0) is 31.4 Å². The molecule has 3 nitrogen and oxygen atoms in total. The van der Waals surface area contributed by atoms with Gasteiger partial charge in [0, 0.05) is 34.6 Å². The molecule has 3 rings (SSSR count). The monoisotopic (exact) mass is 244 g/mol. The Morgan fingerprint density at radius 1 is 1.39 bits per heavy atom. The fourth-order valence-electron chi connectivity index (χ4n) is 3.17. The van der Waals surface area contributed by atoms with Gasteiger partial charge in [0.2, 0.25) is 0 Å². The number of aromatic amines is 1. The maximum absolute atomic E-state index is 6.02. The number of H-pyrrole nitrogens is 1. The van der Waals surface area contributed by atoms with E-state index in [4.69, 9.17) is 10.5 Å². The van der Waals surface area contributed by atoms with E-state index in [2.05, 4.69) is 24.0 Å². The van der Waals surface area contributed by atoms with Crippen molar-refractivity contribution in [2.45, 2.75) is 31.6 Å². The number of benzene rings is 1. The first-order valence-electron chi connectivity index (χ1n) is 6.57. The molecule has 1 fully saturated rings. The van der Waals surface area contributed by atoms with Crippen molar-refractivity contribution >= 4 is 10.9 Å². The summed E-state index contributed by atoms with van der Waals surface area (Å²) in [7, 11) is 1.76. The van der Waals surface area contributed by atoms with E-state index < -0.39 is 0 Å². The van der Waals surface area contributed by atoms with Crippen LogP contribution in [0.25, 0.3) is 10.9 Å². The number of ether oxygens (including phenoxy) is 1. The lowest BCUT2D eigenvalue weighted by molar-refractivity contribution is 0.244. The number of nitrogens with two attached hydrogens (primary N) is 1. The van der Waals surface area contributed by atoms with Gasteiger partial charge in [-0.2, -0.15) is 0 Å². The van der Waals surface area contributed by atoms with Gasteiger partial charge in [-0.1, -0.05) is 12.5 Å². The van der Waals surface area contributed by atoms with Crippen molar-refractivity contribution in [3.05, 3.63) is 29.5 Å². The Morgan fingerprint density at radius 3 is 2.72 bits per heavy atom. The average Bonchev–Trinajstić information content (AvgIpc) is 2.71. The highest BCUT2D eigenvalue weighted by Crippen LogP contribution is 2.48. The zero-order valence-electron chi connectivity index (χ0n) is 11.0. The summed E-state index contributed by atoms with van der Waals surface area (Å²) in [4.78, 5) is 3.28. The van der Waals surface area contributed by atoms with Crippen molar-refractivity contribution in [1.29, 1.82) is 0 Å². The van der Waals surface area contributed by atoms with Gasteiger partial charge in [-0.25, -0.2) is 0 Å². The Labute approximate surface area is 107 Å². The third-order valence-electron chi connectivity index (χ3n) is 4.47. The number of aryl methyl sites for hydroxylation is 1. The van der Waals surface area contributed by atoms with Gasteiger partial charge >= 0.3 is 0 Å². The number of nitrogens with one attached hydrogen (secondary N) is 1. The van der Waals surface area contributed by atoms with Crippen LogP contribution in [0.5, 0.6) is 5.75 Å². The number of methoxy groups -OCH3 is 1. The van der Waals surface area contributed by atoms with Crippen LogP contribution in [-0.4, -0.2) is 18.6 Å². The van der Waals surface area contributed by atoms with Crippen LogP contribution in [0, 0.1) is 6.92 Å². The first-order valence-corrected chi connectivity index (χ1v) is 6.57. The van der Waals surface area contributed by atoms with Crippen molar-refractivity contribution in [2.75, 3.05) is 13.7 Å². The summed E-state index contributed by atoms with van der Waals surface area (Å²) in [5.41, 5.74) is 9.82. The predicted molar refractivity (Wildman–Crippen MR) is 74.2 cm³/mol. The van der Waals surface area contributed by atoms with Gasteiger partial charge in [0.05, 0.1) is 7.11 Å². The summed E-state index contributed by atoms with van der Waals surface area (Å²) >= 11 is 0. The number of fused-ring (bicyclic) bond motifs is 1. The summed E-state index contributed by atoms with van der Waals surface area (Å²) < 4.78 is 5.71. The molecule has 1 saturated carbocycles. The summed E-state index contributed by atoms with van der Waals surface area (Å²) in [6, 6.07) is 4.33. The van der Waals surface area contributed by atoms with Gasteiger partial charge in [-0.3, -0.25) is 0 Å². The van der Waals surface area contributed by atoms with E-state index in [0.29, 0.717) is 6.54 Å². The van der Waals surface area contributed by atoms with Crippen molar-refractivity contribution in [1.82, 2.24) is 4.98 Å². The Morgan fingerprint density at radius 2 is 2.17 bits per heavy atom. The van der Waals surface area contributed by atoms with Gasteiger partial charge in [0.25, 0.3) is 0 Å². The molecule has 1 heterocycles. The topological polar surface area (TPSA) is 51.0 Å². The fraction of sp³-hybridized carbons (Fsp3) is 0.467. The first-order chi connectivity index (χ1) is 8.72. The second-order valence-electron chi connectivity index (χ2n) is 5.38. The van der Waals surface area contributed by atoms with Crippen LogP contribution in [0.2, 0.25) is 0 Å². The molecule has 0 spiro atoms. The number of hydrogen-bond acceptors (Lipinski definition) is 2. The van der Waals surface area contributed by atoms with Crippen molar-refractivity contribution in [2.24, 2.45) is 5.73 Å². The lowest BCUT2D eigenvalue weighted by Crippen LogP contribution is -2.41. The van der Waals surface area contributed by atoms with E-state index in [1.54, 1.807) is 7.11 Å². The number of aromatic nitrogens is 1. The van der Waals surface area contributed by atoms with Crippen molar-refractivity contribution < 1.29 is 4.74 Å². The van der Waals surface area contributed by atoms with E-state index in [1.807, 2.05) is 6.20 Å². The number of rotatable bonds is 3. The van der Waals surface area contributed by atoms with Crippen LogP contribution in [0.15, 0.2) is 18.3 Å². The highest BCUT2D eigenvalue weighted by molar-refractivity contribution is 5.91. The molecule has 3 N–H and O–H groups in total. The molecule has 0 bridgehead atoms. The lowest BCUT2D eigenvalue weighted by atomic mass is 9.64. The molecule has 1 aliphatic rings. The molecule has 0 amide bonds. The molecule has 0 atom stereocenters. The summed E-state index contributed by atoms with van der Waals surface area (Å²) in [6.07, 6.45) is 5.65. The largest absolute Gasteiger partial charge is 0.496 e. The van der Waals surface area contributed by atoms with E-state index in [1.165, 1.54) is 35.8 Å². The van der Waals surface area contributed by atoms with E-state index in [-0.39, 0.29) is 5.41 Å². The molecule has 1 aliphatic carbocycles. The molecule has 0 radical (unpaired) electrons. The van der Waals surface area contributed by atoms with E-state index >= 15 is 0 Å². The molecule has 1 aromatic heterocycles. The fourth-order valence-corrected chi connectivity index (χ4v) is 3.17. The summed E-state index contributed by atoms with van der Waals surface area (Å²) in [5.74, 6) is 1.01. The SMILES string of the molecule is COc1c(C2(CN)CCC2)ccc2[nH]cc(C)c12. The van der Waals surface area contributed by atoms with E-state index in [9.17, 15) is 0 Å². The van der Waals surface area contributed by atoms with Gasteiger partial charge in [0.15, 0.2) is 0 Å². The minimum Gasteiger partial charge on any atom is -0.496 e. The Bertz CT molecular complexity index is 576. The van der Waals surface area contributed by atoms with E-state index in [0.717, 1.165) is 11.3 Å². The second kappa shape index (κ2) is 4.02. The van der Waals surface area contributed by atoms with Crippen LogP contribution < -0.4 is 10.5 Å². The molecule has 18 heavy (non-hydrogen) atoms. The van der Waals surface area contributed by atoms with Gasteiger partial charge in [0.1, 0.15) is 5.75 Å². The minimum atomic E-state index is 0.142. The van der Waals surface area contributed by atoms with Crippen LogP contribution in [0.4, 0.5) is 0 Å². The van der Waals surface area contributed by atoms with Crippen LogP contribution in [0.3, 0.4) is 0 Å². The average molecular weight is 244 g/mol. The van der Waals surface area contributed by atoms with Crippen LogP contribution in [-0.2, 0) is 5.41 Å². The third kappa shape index (κ3) is 1.40. The Hall–Kier alpha value is -1.48. The molecule has 0 aliphatic heterocycles. The normalized spacial score (nSPS) is 17.7. The van der Waals surface area contributed by atoms with Crippen molar-refractivity contribution in [3.8, 4) is 5.75 Å². The summed E-state index contributed by atoms with van der Waals surface area (Å²) in [5, 5.41) is 1.20. The smallest absolute Gasteiger partial charge is 0.132 e. The van der Waals surface area contributed by atoms with Gasteiger partial charge in [-0.15, -0.1) is 0 Å². The first kappa shape index (κ1) is 11.6. The Balaban J connectivity index is 2.26. The van der Waals surface area contributed by atoms with Gasteiger partial charge < -0.3 is 15.5 Å². The second-order valence-corrected chi connectivity index (χ2v) is 5.38. The zero-order chi connectivity index (χ0) is 12.8. The highest BCUT2D eigenvalue weighted by Gasteiger charge is 2.40.